The molecule has 3 rings (SSSR count). The second-order valence-electron chi connectivity index (χ2n) is 6.29. The first-order valence-electron chi connectivity index (χ1n) is 7.79. The summed E-state index contributed by atoms with van der Waals surface area (Å²) < 4.78 is 13.1. The van der Waals surface area contributed by atoms with Crippen molar-refractivity contribution in [1.29, 1.82) is 0 Å². The van der Waals surface area contributed by atoms with E-state index in [1.165, 1.54) is 23.5 Å². The first-order valence-corrected chi connectivity index (χ1v) is 8.61. The maximum atomic E-state index is 13.1. The molecule has 0 unspecified atom stereocenters. The number of carbonyl (C=O) groups excluding carboxylic acids is 1. The Kier molecular flexibility index (Phi) is 4.41. The summed E-state index contributed by atoms with van der Waals surface area (Å²) in [4.78, 5) is 25.0. The number of aliphatic carboxylic acids is 1. The molecule has 24 heavy (non-hydrogen) atoms. The molecule has 0 radical (unpaired) electrons. The van der Waals surface area contributed by atoms with Crippen LogP contribution in [0.2, 0.25) is 0 Å². The monoisotopic (exact) mass is 347 g/mol. The first kappa shape index (κ1) is 16.6. The lowest BCUT2D eigenvalue weighted by Gasteiger charge is -2.41. The normalized spacial score (nSPS) is 15.6. The summed E-state index contributed by atoms with van der Waals surface area (Å²) in [5.41, 5.74) is 1.19. The molecule has 1 aromatic carbocycles. The Balaban J connectivity index is 1.80. The zero-order chi connectivity index (χ0) is 17.3. The zero-order valence-corrected chi connectivity index (χ0v) is 14.1. The van der Waals surface area contributed by atoms with Crippen LogP contribution in [0.1, 0.15) is 40.9 Å². The van der Waals surface area contributed by atoms with Crippen LogP contribution >= 0.6 is 11.3 Å². The number of carboxylic acid groups (broad SMARTS) is 1. The number of hydrogen-bond donors (Lipinski definition) is 2. The van der Waals surface area contributed by atoms with Gasteiger partial charge in [-0.25, -0.2) is 4.39 Å². The quantitative estimate of drug-likeness (QED) is 0.859. The molecular formula is C18H18FNO3S. The minimum atomic E-state index is -0.899. The molecule has 126 valence electrons. The van der Waals surface area contributed by atoms with E-state index in [-0.39, 0.29) is 18.1 Å². The predicted octanol–water partition coefficient (Wildman–Crippen LogP) is 3.99. The predicted molar refractivity (Wildman–Crippen MR) is 90.8 cm³/mol. The van der Waals surface area contributed by atoms with Gasteiger partial charge in [-0.05, 0) is 55.5 Å². The third kappa shape index (κ3) is 3.33. The highest BCUT2D eigenvalue weighted by Gasteiger charge is 2.40. The van der Waals surface area contributed by atoms with E-state index >= 15 is 0 Å². The molecule has 0 bridgehead atoms. The molecule has 6 heteroatoms. The molecule has 0 saturated heterocycles. The summed E-state index contributed by atoms with van der Waals surface area (Å²) in [5, 5.41) is 11.9. The molecule has 1 saturated carbocycles. The Morgan fingerprint density at radius 1 is 1.29 bits per heavy atom. The molecule has 0 spiro atoms. The fourth-order valence-electron chi connectivity index (χ4n) is 3.02. The summed E-state index contributed by atoms with van der Waals surface area (Å²) in [6.45, 7) is 1.91. The number of carboxylic acids is 1. The van der Waals surface area contributed by atoms with Crippen molar-refractivity contribution in [3.63, 3.8) is 0 Å². The van der Waals surface area contributed by atoms with Crippen LogP contribution in [0.5, 0.6) is 0 Å². The number of hydrogen-bond acceptors (Lipinski definition) is 3. The van der Waals surface area contributed by atoms with E-state index in [1.54, 1.807) is 18.2 Å². The SMILES string of the molecule is Cc1cc(C(=O)NC2(CC(=O)O)CCC2)sc1-c1ccc(F)cc1. The maximum absolute atomic E-state index is 13.1. The lowest BCUT2D eigenvalue weighted by molar-refractivity contribution is -0.139. The van der Waals surface area contributed by atoms with E-state index in [1.807, 2.05) is 6.92 Å². The molecule has 1 fully saturated rings. The number of halogens is 1. The number of carbonyl (C=O) groups is 2. The molecule has 1 amide bonds. The molecule has 1 heterocycles. The van der Waals surface area contributed by atoms with Crippen LogP contribution in [0.4, 0.5) is 4.39 Å². The van der Waals surface area contributed by atoms with Gasteiger partial charge in [0.25, 0.3) is 5.91 Å². The van der Waals surface area contributed by atoms with E-state index in [9.17, 15) is 14.0 Å². The van der Waals surface area contributed by atoms with Gasteiger partial charge in [0.15, 0.2) is 0 Å². The van der Waals surface area contributed by atoms with Crippen LogP contribution in [-0.2, 0) is 4.79 Å². The van der Waals surface area contributed by atoms with Crippen LogP contribution in [-0.4, -0.2) is 22.5 Å². The Morgan fingerprint density at radius 3 is 2.50 bits per heavy atom. The largest absolute Gasteiger partial charge is 0.481 e. The number of rotatable bonds is 5. The van der Waals surface area contributed by atoms with Crippen molar-refractivity contribution in [2.75, 3.05) is 0 Å². The second kappa shape index (κ2) is 6.36. The van der Waals surface area contributed by atoms with Crippen LogP contribution in [0.3, 0.4) is 0 Å². The van der Waals surface area contributed by atoms with Gasteiger partial charge < -0.3 is 10.4 Å². The molecule has 2 aromatic rings. The smallest absolute Gasteiger partial charge is 0.305 e. The summed E-state index contributed by atoms with van der Waals surface area (Å²) in [5.74, 6) is -1.44. The van der Waals surface area contributed by atoms with Crippen molar-refractivity contribution < 1.29 is 19.1 Å². The Morgan fingerprint density at radius 2 is 1.96 bits per heavy atom. The van der Waals surface area contributed by atoms with Gasteiger partial charge in [-0.2, -0.15) is 0 Å². The molecule has 1 aliphatic carbocycles. The van der Waals surface area contributed by atoms with Crippen LogP contribution < -0.4 is 5.32 Å². The Labute approximate surface area is 143 Å². The minimum absolute atomic E-state index is 0.0477. The van der Waals surface area contributed by atoms with Gasteiger partial charge >= 0.3 is 5.97 Å². The molecule has 1 aromatic heterocycles. The van der Waals surface area contributed by atoms with Crippen molar-refractivity contribution in [2.24, 2.45) is 0 Å². The van der Waals surface area contributed by atoms with Gasteiger partial charge in [0.1, 0.15) is 5.82 Å². The number of amides is 1. The highest BCUT2D eigenvalue weighted by molar-refractivity contribution is 7.17. The minimum Gasteiger partial charge on any atom is -0.481 e. The van der Waals surface area contributed by atoms with Gasteiger partial charge in [0.2, 0.25) is 0 Å². The number of thiophene rings is 1. The molecule has 2 N–H and O–H groups in total. The molecule has 4 nitrogen and oxygen atoms in total. The average molecular weight is 347 g/mol. The van der Waals surface area contributed by atoms with Crippen molar-refractivity contribution in [3.8, 4) is 10.4 Å². The summed E-state index contributed by atoms with van der Waals surface area (Å²) >= 11 is 1.34. The average Bonchev–Trinajstić information content (AvgIpc) is 2.87. The maximum Gasteiger partial charge on any atom is 0.305 e. The van der Waals surface area contributed by atoms with Crippen LogP contribution in [0, 0.1) is 12.7 Å². The van der Waals surface area contributed by atoms with E-state index < -0.39 is 11.5 Å². The highest BCUT2D eigenvalue weighted by atomic mass is 32.1. The van der Waals surface area contributed by atoms with E-state index in [2.05, 4.69) is 5.32 Å². The standard InChI is InChI=1S/C18H18FNO3S/c1-11-9-14(24-16(11)12-3-5-13(19)6-4-12)17(23)20-18(7-2-8-18)10-15(21)22/h3-6,9H,2,7-8,10H2,1H3,(H,20,23)(H,21,22). The molecule has 0 atom stereocenters. The number of nitrogens with one attached hydrogen (secondary N) is 1. The van der Waals surface area contributed by atoms with Crippen molar-refractivity contribution in [3.05, 3.63) is 46.6 Å². The van der Waals surface area contributed by atoms with E-state index in [0.717, 1.165) is 22.4 Å². The first-order chi connectivity index (χ1) is 11.4. The van der Waals surface area contributed by atoms with Crippen molar-refractivity contribution >= 4 is 23.2 Å². The summed E-state index contributed by atoms with van der Waals surface area (Å²) in [6, 6.07) is 7.96. The zero-order valence-electron chi connectivity index (χ0n) is 13.3. The Bertz CT molecular complexity index is 778. The van der Waals surface area contributed by atoms with Crippen LogP contribution in [0.25, 0.3) is 10.4 Å². The summed E-state index contributed by atoms with van der Waals surface area (Å²) in [7, 11) is 0. The summed E-state index contributed by atoms with van der Waals surface area (Å²) in [6.07, 6.45) is 2.27. The number of benzene rings is 1. The number of aryl methyl sites for hydroxylation is 1. The third-order valence-electron chi connectivity index (χ3n) is 4.43. The van der Waals surface area contributed by atoms with Gasteiger partial charge in [-0.15, -0.1) is 11.3 Å². The van der Waals surface area contributed by atoms with Crippen molar-refractivity contribution in [2.45, 2.75) is 38.1 Å². The Hall–Kier alpha value is -2.21. The second-order valence-corrected chi connectivity index (χ2v) is 7.34. The van der Waals surface area contributed by atoms with Gasteiger partial charge in [0.05, 0.1) is 16.8 Å². The topological polar surface area (TPSA) is 66.4 Å². The highest BCUT2D eigenvalue weighted by Crippen LogP contribution is 2.37. The van der Waals surface area contributed by atoms with Gasteiger partial charge in [-0.1, -0.05) is 12.1 Å². The molecule has 0 aliphatic heterocycles. The van der Waals surface area contributed by atoms with E-state index in [0.29, 0.717) is 17.7 Å². The lowest BCUT2D eigenvalue weighted by Crippen LogP contribution is -2.54. The molecule has 1 aliphatic rings. The molecular weight excluding hydrogens is 329 g/mol. The van der Waals surface area contributed by atoms with Gasteiger partial charge in [0, 0.05) is 4.88 Å². The third-order valence-corrected chi connectivity index (χ3v) is 5.71. The van der Waals surface area contributed by atoms with Gasteiger partial charge in [-0.3, -0.25) is 9.59 Å². The van der Waals surface area contributed by atoms with Crippen LogP contribution in [0.15, 0.2) is 30.3 Å². The van der Waals surface area contributed by atoms with Crippen molar-refractivity contribution in [1.82, 2.24) is 5.32 Å². The fourth-order valence-corrected chi connectivity index (χ4v) is 4.10. The van der Waals surface area contributed by atoms with E-state index in [4.69, 9.17) is 5.11 Å². The lowest BCUT2D eigenvalue weighted by atomic mass is 9.74. The fraction of sp³-hybridized carbons (Fsp3) is 0.333.